The Balaban J connectivity index is 1.23. The van der Waals surface area contributed by atoms with E-state index in [2.05, 4.69) is 18.7 Å². The highest BCUT2D eigenvalue weighted by Gasteiger charge is 2.59. The van der Waals surface area contributed by atoms with Gasteiger partial charge >= 0.3 is 5.97 Å². The van der Waals surface area contributed by atoms with E-state index in [1.54, 1.807) is 0 Å². The van der Waals surface area contributed by atoms with Gasteiger partial charge in [0.2, 0.25) is 0 Å². The molecular weight excluding hydrogens is 386 g/mol. The first-order chi connectivity index (χ1) is 14.9. The lowest BCUT2D eigenvalue weighted by molar-refractivity contribution is -0.160. The summed E-state index contributed by atoms with van der Waals surface area (Å²) in [4.78, 5) is 27.2. The maximum absolute atomic E-state index is 12.7. The van der Waals surface area contributed by atoms with Gasteiger partial charge in [0, 0.05) is 18.4 Å². The van der Waals surface area contributed by atoms with E-state index in [1.165, 1.54) is 50.5 Å². The van der Waals surface area contributed by atoms with Crippen molar-refractivity contribution in [2.75, 3.05) is 19.6 Å². The van der Waals surface area contributed by atoms with Gasteiger partial charge in [0.1, 0.15) is 6.10 Å². The number of rotatable bonds is 4. The first-order valence-corrected chi connectivity index (χ1v) is 13.1. The monoisotopic (exact) mass is 427 g/mol. The van der Waals surface area contributed by atoms with Gasteiger partial charge in [-0.3, -0.25) is 9.59 Å². The van der Waals surface area contributed by atoms with Crippen LogP contribution in [0.4, 0.5) is 0 Å². The fourth-order valence-electron chi connectivity index (χ4n) is 8.35. The van der Waals surface area contributed by atoms with Crippen LogP contribution in [0.25, 0.3) is 0 Å². The SMILES string of the molecule is C[C@@]12CC[C@H]3[C@H](CCC4=CC(=O)CC[C@@]43C)[C@@H]1CC[C@H]2OC(=O)CCN1CCCCC1. The Kier molecular flexibility index (Phi) is 5.82. The summed E-state index contributed by atoms with van der Waals surface area (Å²) in [6, 6.07) is 0. The molecule has 1 heterocycles. The second-order valence-corrected chi connectivity index (χ2v) is 11.7. The molecule has 0 aromatic heterocycles. The Bertz CT molecular complexity index is 754. The molecule has 6 atom stereocenters. The molecule has 0 radical (unpaired) electrons. The maximum atomic E-state index is 12.7. The van der Waals surface area contributed by atoms with Crippen LogP contribution in [0, 0.1) is 28.6 Å². The van der Waals surface area contributed by atoms with Gasteiger partial charge in [0.25, 0.3) is 0 Å². The number of esters is 1. The van der Waals surface area contributed by atoms with Gasteiger partial charge in [-0.2, -0.15) is 0 Å². The first-order valence-electron chi connectivity index (χ1n) is 13.1. The maximum Gasteiger partial charge on any atom is 0.307 e. The average molecular weight is 428 g/mol. The number of carbonyl (C=O) groups is 2. The molecule has 31 heavy (non-hydrogen) atoms. The highest BCUT2D eigenvalue weighted by Crippen LogP contribution is 2.65. The molecule has 3 saturated carbocycles. The van der Waals surface area contributed by atoms with Crippen molar-refractivity contribution in [3.8, 4) is 0 Å². The van der Waals surface area contributed by atoms with Crippen LogP contribution < -0.4 is 0 Å². The number of piperidine rings is 1. The van der Waals surface area contributed by atoms with E-state index in [0.29, 0.717) is 24.0 Å². The Morgan fingerprint density at radius 2 is 1.84 bits per heavy atom. The smallest absolute Gasteiger partial charge is 0.307 e. The minimum absolute atomic E-state index is 0.0196. The minimum Gasteiger partial charge on any atom is -0.462 e. The zero-order valence-corrected chi connectivity index (χ0v) is 19.7. The molecule has 0 aromatic carbocycles. The lowest BCUT2D eigenvalue weighted by Gasteiger charge is -2.57. The molecule has 1 saturated heterocycles. The molecule has 0 unspecified atom stereocenters. The van der Waals surface area contributed by atoms with Crippen molar-refractivity contribution in [1.82, 2.24) is 4.90 Å². The summed E-state index contributed by atoms with van der Waals surface area (Å²) >= 11 is 0. The Morgan fingerprint density at radius 3 is 2.65 bits per heavy atom. The predicted molar refractivity (Wildman–Crippen MR) is 121 cm³/mol. The number of hydrogen-bond acceptors (Lipinski definition) is 4. The molecule has 5 aliphatic rings. The van der Waals surface area contributed by atoms with Gasteiger partial charge in [-0.25, -0.2) is 0 Å². The van der Waals surface area contributed by atoms with Gasteiger partial charge in [-0.05, 0) is 100 Å². The minimum atomic E-state index is 0.0196. The number of likely N-dealkylation sites (tertiary alicyclic amines) is 1. The van der Waals surface area contributed by atoms with E-state index < -0.39 is 0 Å². The number of fused-ring (bicyclic) bond motifs is 5. The molecule has 1 aliphatic heterocycles. The molecule has 4 nitrogen and oxygen atoms in total. The number of ether oxygens (including phenoxy) is 1. The number of allylic oxidation sites excluding steroid dienone is 1. The fourth-order valence-corrected chi connectivity index (χ4v) is 8.35. The summed E-state index contributed by atoms with van der Waals surface area (Å²) in [6.07, 6.45) is 15.2. The number of carbonyl (C=O) groups excluding carboxylic acids is 2. The zero-order valence-electron chi connectivity index (χ0n) is 19.7. The lowest BCUT2D eigenvalue weighted by Crippen LogP contribution is -2.51. The average Bonchev–Trinajstić information content (AvgIpc) is 3.10. The van der Waals surface area contributed by atoms with Crippen molar-refractivity contribution in [2.24, 2.45) is 28.6 Å². The van der Waals surface area contributed by atoms with E-state index in [9.17, 15) is 9.59 Å². The summed E-state index contributed by atoms with van der Waals surface area (Å²) in [7, 11) is 0. The van der Waals surface area contributed by atoms with Crippen LogP contribution in [0.3, 0.4) is 0 Å². The highest BCUT2D eigenvalue weighted by atomic mass is 16.5. The van der Waals surface area contributed by atoms with Crippen LogP contribution in [-0.2, 0) is 14.3 Å². The van der Waals surface area contributed by atoms with Gasteiger partial charge < -0.3 is 9.64 Å². The molecule has 172 valence electrons. The van der Waals surface area contributed by atoms with Crippen molar-refractivity contribution < 1.29 is 14.3 Å². The second kappa shape index (κ2) is 8.32. The number of ketones is 1. The molecule has 4 fully saturated rings. The highest BCUT2D eigenvalue weighted by molar-refractivity contribution is 5.91. The summed E-state index contributed by atoms with van der Waals surface area (Å²) < 4.78 is 6.18. The second-order valence-electron chi connectivity index (χ2n) is 11.7. The topological polar surface area (TPSA) is 46.6 Å². The lowest BCUT2D eigenvalue weighted by atomic mass is 9.47. The molecule has 0 bridgehead atoms. The largest absolute Gasteiger partial charge is 0.462 e. The number of hydrogen-bond donors (Lipinski definition) is 0. The third-order valence-electron chi connectivity index (χ3n) is 10.2. The van der Waals surface area contributed by atoms with E-state index in [-0.39, 0.29) is 22.9 Å². The number of nitrogens with zero attached hydrogens (tertiary/aromatic N) is 1. The molecule has 0 spiro atoms. The van der Waals surface area contributed by atoms with E-state index in [0.717, 1.165) is 51.2 Å². The Hall–Kier alpha value is -1.16. The van der Waals surface area contributed by atoms with E-state index in [4.69, 9.17) is 4.74 Å². The normalized spacial score (nSPS) is 42.9. The first kappa shape index (κ1) is 21.7. The van der Waals surface area contributed by atoms with Gasteiger partial charge in [-0.1, -0.05) is 25.8 Å². The van der Waals surface area contributed by atoms with Crippen molar-refractivity contribution in [3.05, 3.63) is 11.6 Å². The molecule has 0 aromatic rings. The third-order valence-corrected chi connectivity index (χ3v) is 10.2. The standard InChI is InChI=1S/C27H41NO3/c1-26-13-10-20(29)18-19(26)6-7-21-22-8-9-24(27(22,2)14-11-23(21)26)31-25(30)12-17-28-15-4-3-5-16-28/h18,21-24H,3-17H2,1-2H3/t21-,22+,23+,24-,26+,27-/m1/s1. The van der Waals surface area contributed by atoms with Gasteiger partial charge in [-0.15, -0.1) is 0 Å². The zero-order chi connectivity index (χ0) is 21.6. The van der Waals surface area contributed by atoms with Crippen LogP contribution in [0.15, 0.2) is 11.6 Å². The van der Waals surface area contributed by atoms with Gasteiger partial charge in [0.15, 0.2) is 5.78 Å². The third kappa shape index (κ3) is 3.81. The molecule has 0 N–H and O–H groups in total. The van der Waals surface area contributed by atoms with Crippen molar-refractivity contribution in [2.45, 2.75) is 97.0 Å². The van der Waals surface area contributed by atoms with Gasteiger partial charge in [0.05, 0.1) is 6.42 Å². The quantitative estimate of drug-likeness (QED) is 0.571. The molecule has 4 heteroatoms. The van der Waals surface area contributed by atoms with Crippen LogP contribution in [0.1, 0.15) is 90.9 Å². The summed E-state index contributed by atoms with van der Waals surface area (Å²) in [6.45, 7) is 8.00. The molecule has 0 amide bonds. The molecule has 5 rings (SSSR count). The molecule has 4 aliphatic carbocycles. The van der Waals surface area contributed by atoms with Crippen LogP contribution in [0.2, 0.25) is 0 Å². The van der Waals surface area contributed by atoms with Crippen molar-refractivity contribution in [3.63, 3.8) is 0 Å². The van der Waals surface area contributed by atoms with Crippen molar-refractivity contribution in [1.29, 1.82) is 0 Å². The summed E-state index contributed by atoms with van der Waals surface area (Å²) in [5, 5.41) is 0. The van der Waals surface area contributed by atoms with E-state index in [1.807, 2.05) is 6.08 Å². The van der Waals surface area contributed by atoms with Crippen molar-refractivity contribution >= 4 is 11.8 Å². The van der Waals surface area contributed by atoms with Crippen LogP contribution in [0.5, 0.6) is 0 Å². The van der Waals surface area contributed by atoms with E-state index >= 15 is 0 Å². The Morgan fingerprint density at radius 1 is 1.03 bits per heavy atom. The van der Waals surface area contributed by atoms with Crippen LogP contribution >= 0.6 is 0 Å². The molecular formula is C27H41NO3. The summed E-state index contributed by atoms with van der Waals surface area (Å²) in [5.74, 6) is 2.45. The fraction of sp³-hybridized carbons (Fsp3) is 0.852. The summed E-state index contributed by atoms with van der Waals surface area (Å²) in [5.41, 5.74) is 1.80. The predicted octanol–water partition coefficient (Wildman–Crippen LogP) is 5.31. The Labute approximate surface area is 188 Å². The van der Waals surface area contributed by atoms with Crippen LogP contribution in [-0.4, -0.2) is 42.4 Å².